The summed E-state index contributed by atoms with van der Waals surface area (Å²) in [5.74, 6) is 0.589. The van der Waals surface area contributed by atoms with Crippen molar-refractivity contribution in [2.75, 3.05) is 0 Å². The lowest BCUT2D eigenvalue weighted by Gasteiger charge is -2.07. The fourth-order valence-corrected chi connectivity index (χ4v) is 2.06. The standard InChI is InChI=1S/C13H10BrN3O/c1-8(18)12-7-17(9(2)16-12)13-4-3-11(14)5-10(13)6-15/h3-5,7H,1-2H3. The minimum absolute atomic E-state index is 0.0903. The van der Waals surface area contributed by atoms with E-state index < -0.39 is 0 Å². The Labute approximate surface area is 113 Å². The van der Waals surface area contributed by atoms with Gasteiger partial charge in [-0.2, -0.15) is 5.26 Å². The molecule has 1 aromatic carbocycles. The lowest BCUT2D eigenvalue weighted by atomic mass is 10.2. The van der Waals surface area contributed by atoms with Crippen LogP contribution in [-0.4, -0.2) is 15.3 Å². The van der Waals surface area contributed by atoms with E-state index in [0.717, 1.165) is 10.2 Å². The van der Waals surface area contributed by atoms with Crippen molar-refractivity contribution in [3.63, 3.8) is 0 Å². The summed E-state index contributed by atoms with van der Waals surface area (Å²) in [6, 6.07) is 7.55. The molecule has 18 heavy (non-hydrogen) atoms. The van der Waals surface area contributed by atoms with Gasteiger partial charge in [0.15, 0.2) is 5.78 Å². The number of Topliss-reactive ketones (excluding diaryl/α,β-unsaturated/α-hetero) is 1. The average Bonchev–Trinajstić information content (AvgIpc) is 2.71. The van der Waals surface area contributed by atoms with E-state index in [2.05, 4.69) is 27.0 Å². The van der Waals surface area contributed by atoms with Gasteiger partial charge in [-0.3, -0.25) is 4.79 Å². The van der Waals surface area contributed by atoms with Crippen LogP contribution in [0.2, 0.25) is 0 Å². The highest BCUT2D eigenvalue weighted by atomic mass is 79.9. The molecule has 1 heterocycles. The number of hydrogen-bond donors (Lipinski definition) is 0. The molecule has 0 saturated heterocycles. The molecule has 0 bridgehead atoms. The number of nitrogens with zero attached hydrogens (tertiary/aromatic N) is 3. The fraction of sp³-hybridized carbons (Fsp3) is 0.154. The van der Waals surface area contributed by atoms with Crippen LogP contribution in [0.1, 0.15) is 28.8 Å². The number of ketones is 1. The van der Waals surface area contributed by atoms with Gasteiger partial charge in [0, 0.05) is 17.6 Å². The predicted molar refractivity (Wildman–Crippen MR) is 70.7 cm³/mol. The van der Waals surface area contributed by atoms with Crippen LogP contribution >= 0.6 is 15.9 Å². The zero-order chi connectivity index (χ0) is 13.3. The first kappa shape index (κ1) is 12.5. The van der Waals surface area contributed by atoms with E-state index in [-0.39, 0.29) is 5.78 Å². The summed E-state index contributed by atoms with van der Waals surface area (Å²) in [6.07, 6.45) is 1.65. The second kappa shape index (κ2) is 4.75. The first-order valence-corrected chi connectivity index (χ1v) is 6.09. The van der Waals surface area contributed by atoms with E-state index in [9.17, 15) is 4.79 Å². The molecular formula is C13H10BrN3O. The number of aryl methyl sites for hydroxylation is 1. The van der Waals surface area contributed by atoms with Gasteiger partial charge < -0.3 is 4.57 Å². The number of hydrogen-bond acceptors (Lipinski definition) is 3. The number of benzene rings is 1. The van der Waals surface area contributed by atoms with E-state index in [1.807, 2.05) is 12.1 Å². The number of aromatic nitrogens is 2. The summed E-state index contributed by atoms with van der Waals surface area (Å²) in [5.41, 5.74) is 1.65. The van der Waals surface area contributed by atoms with Gasteiger partial charge in [0.05, 0.1) is 11.3 Å². The van der Waals surface area contributed by atoms with Crippen LogP contribution in [-0.2, 0) is 0 Å². The first-order chi connectivity index (χ1) is 8.52. The van der Waals surface area contributed by atoms with Crippen molar-refractivity contribution >= 4 is 21.7 Å². The van der Waals surface area contributed by atoms with Gasteiger partial charge in [0.25, 0.3) is 0 Å². The summed E-state index contributed by atoms with van der Waals surface area (Å²) in [6.45, 7) is 3.27. The zero-order valence-electron chi connectivity index (χ0n) is 9.94. The van der Waals surface area contributed by atoms with Gasteiger partial charge >= 0.3 is 0 Å². The maximum absolute atomic E-state index is 11.3. The van der Waals surface area contributed by atoms with Gasteiger partial charge in [-0.25, -0.2) is 4.98 Å². The Kier molecular flexibility index (Phi) is 3.30. The summed E-state index contributed by atoms with van der Waals surface area (Å²) in [5, 5.41) is 9.14. The molecule has 0 radical (unpaired) electrons. The molecule has 0 saturated carbocycles. The minimum Gasteiger partial charge on any atom is -0.302 e. The number of carbonyl (C=O) groups excluding carboxylic acids is 1. The number of nitriles is 1. The molecule has 4 nitrogen and oxygen atoms in total. The van der Waals surface area contributed by atoms with Crippen LogP contribution in [0.25, 0.3) is 5.69 Å². The molecule has 0 amide bonds. The highest BCUT2D eigenvalue weighted by molar-refractivity contribution is 9.10. The monoisotopic (exact) mass is 303 g/mol. The van der Waals surface area contributed by atoms with Crippen molar-refractivity contribution in [3.05, 3.63) is 46.0 Å². The van der Waals surface area contributed by atoms with Crippen molar-refractivity contribution in [2.24, 2.45) is 0 Å². The Morgan fingerprint density at radius 1 is 1.50 bits per heavy atom. The van der Waals surface area contributed by atoms with Crippen LogP contribution in [0, 0.1) is 18.3 Å². The number of rotatable bonds is 2. The van der Waals surface area contributed by atoms with Crippen LogP contribution in [0.3, 0.4) is 0 Å². The van der Waals surface area contributed by atoms with E-state index >= 15 is 0 Å². The molecular weight excluding hydrogens is 294 g/mol. The van der Waals surface area contributed by atoms with Crippen LogP contribution in [0.5, 0.6) is 0 Å². The molecule has 0 N–H and O–H groups in total. The first-order valence-electron chi connectivity index (χ1n) is 5.30. The smallest absolute Gasteiger partial charge is 0.179 e. The van der Waals surface area contributed by atoms with Crippen molar-refractivity contribution < 1.29 is 4.79 Å². The van der Waals surface area contributed by atoms with Gasteiger partial charge in [0.2, 0.25) is 0 Å². The quantitative estimate of drug-likeness (QED) is 0.801. The number of imidazole rings is 1. The summed E-state index contributed by atoms with van der Waals surface area (Å²) >= 11 is 3.33. The SMILES string of the molecule is CC(=O)c1cn(-c2ccc(Br)cc2C#N)c(C)n1. The summed E-state index contributed by atoms with van der Waals surface area (Å²) in [7, 11) is 0. The molecule has 0 aliphatic heterocycles. The van der Waals surface area contributed by atoms with E-state index in [1.165, 1.54) is 6.92 Å². The predicted octanol–water partition coefficient (Wildman–Crippen LogP) is 3.02. The lowest BCUT2D eigenvalue weighted by Crippen LogP contribution is -1.98. The molecule has 1 aromatic heterocycles. The van der Waals surface area contributed by atoms with Gasteiger partial charge in [-0.05, 0) is 25.1 Å². The zero-order valence-corrected chi connectivity index (χ0v) is 11.5. The Morgan fingerprint density at radius 2 is 2.22 bits per heavy atom. The molecule has 2 aromatic rings. The molecule has 0 aliphatic rings. The molecule has 0 fully saturated rings. The van der Waals surface area contributed by atoms with Crippen LogP contribution < -0.4 is 0 Å². The molecule has 2 rings (SSSR count). The average molecular weight is 304 g/mol. The third kappa shape index (κ3) is 2.20. The summed E-state index contributed by atoms with van der Waals surface area (Å²) < 4.78 is 2.59. The fourth-order valence-electron chi connectivity index (χ4n) is 1.69. The van der Waals surface area contributed by atoms with Crippen LogP contribution in [0.15, 0.2) is 28.9 Å². The van der Waals surface area contributed by atoms with Gasteiger partial charge in [-0.15, -0.1) is 0 Å². The Hall–Kier alpha value is -1.93. The molecule has 0 spiro atoms. The van der Waals surface area contributed by atoms with Crippen molar-refractivity contribution in [1.29, 1.82) is 5.26 Å². The molecule has 90 valence electrons. The maximum Gasteiger partial charge on any atom is 0.179 e. The van der Waals surface area contributed by atoms with Crippen LogP contribution in [0.4, 0.5) is 0 Å². The highest BCUT2D eigenvalue weighted by Crippen LogP contribution is 2.21. The number of carbonyl (C=O) groups is 1. The van der Waals surface area contributed by atoms with Crippen molar-refractivity contribution in [1.82, 2.24) is 9.55 Å². The normalized spacial score (nSPS) is 10.1. The third-order valence-electron chi connectivity index (χ3n) is 2.58. The molecule has 0 aliphatic carbocycles. The molecule has 5 heteroatoms. The minimum atomic E-state index is -0.0903. The molecule has 0 unspecified atom stereocenters. The van der Waals surface area contributed by atoms with E-state index in [0.29, 0.717) is 17.1 Å². The van der Waals surface area contributed by atoms with Gasteiger partial charge in [-0.1, -0.05) is 15.9 Å². The second-order valence-electron chi connectivity index (χ2n) is 3.87. The van der Waals surface area contributed by atoms with Crippen molar-refractivity contribution in [3.8, 4) is 11.8 Å². The van der Waals surface area contributed by atoms with Gasteiger partial charge in [0.1, 0.15) is 17.6 Å². The summed E-state index contributed by atoms with van der Waals surface area (Å²) in [4.78, 5) is 15.5. The molecule has 0 atom stereocenters. The number of halogens is 1. The second-order valence-corrected chi connectivity index (χ2v) is 4.79. The van der Waals surface area contributed by atoms with Crippen molar-refractivity contribution in [2.45, 2.75) is 13.8 Å². The van der Waals surface area contributed by atoms with E-state index in [4.69, 9.17) is 5.26 Å². The maximum atomic E-state index is 11.3. The highest BCUT2D eigenvalue weighted by Gasteiger charge is 2.12. The largest absolute Gasteiger partial charge is 0.302 e. The van der Waals surface area contributed by atoms with E-state index in [1.54, 1.807) is 23.8 Å². The topological polar surface area (TPSA) is 58.7 Å². The third-order valence-corrected chi connectivity index (χ3v) is 3.07. The Bertz CT molecular complexity index is 667. The lowest BCUT2D eigenvalue weighted by molar-refractivity contribution is 0.101. The Morgan fingerprint density at radius 3 is 2.78 bits per heavy atom. The Balaban J connectivity index is 2.62.